The van der Waals surface area contributed by atoms with Gasteiger partial charge in [-0.3, -0.25) is 4.79 Å². The average molecular weight is 705 g/mol. The van der Waals surface area contributed by atoms with Gasteiger partial charge in [0.15, 0.2) is 0 Å². The molecule has 1 fully saturated rings. The van der Waals surface area contributed by atoms with Crippen molar-refractivity contribution in [1.82, 2.24) is 15.1 Å². The number of piperazine rings is 1. The molecule has 2 heterocycles. The number of nitrogens with zero attached hydrogens (tertiary/aromatic N) is 2. The third-order valence-corrected chi connectivity index (χ3v) is 9.13. The van der Waals surface area contributed by atoms with Crippen LogP contribution in [0.1, 0.15) is 69.6 Å². The van der Waals surface area contributed by atoms with Gasteiger partial charge >= 0.3 is 12.1 Å². The van der Waals surface area contributed by atoms with Crippen molar-refractivity contribution in [2.24, 2.45) is 0 Å². The minimum Gasteiger partial charge on any atom is -0.462 e. The molecule has 0 aromatic heterocycles. The molecule has 5 rings (SSSR count). The summed E-state index contributed by atoms with van der Waals surface area (Å²) >= 11 is 13.0. The minimum absolute atomic E-state index is 0.0240. The molecule has 0 radical (unpaired) electrons. The van der Waals surface area contributed by atoms with Crippen LogP contribution in [0.5, 0.6) is 0 Å². The number of amides is 2. The van der Waals surface area contributed by atoms with Crippen molar-refractivity contribution in [2.45, 2.75) is 58.5 Å². The van der Waals surface area contributed by atoms with E-state index in [1.807, 2.05) is 64.1 Å². The largest absolute Gasteiger partial charge is 0.462 e. The lowest BCUT2D eigenvalue weighted by Crippen LogP contribution is -2.52. The predicted molar refractivity (Wildman–Crippen MR) is 192 cm³/mol. The van der Waals surface area contributed by atoms with Crippen molar-refractivity contribution in [3.8, 4) is 0 Å². The van der Waals surface area contributed by atoms with E-state index in [0.29, 0.717) is 70.7 Å². The summed E-state index contributed by atoms with van der Waals surface area (Å²) in [5.74, 6) is -1.55. The smallest absolute Gasteiger partial charge is 0.410 e. The maximum atomic E-state index is 14.4. The van der Waals surface area contributed by atoms with Gasteiger partial charge in [0, 0.05) is 59.1 Å². The molecule has 2 amide bonds. The number of hydrogen-bond donors (Lipinski definition) is 1. The van der Waals surface area contributed by atoms with E-state index in [9.17, 15) is 14.4 Å². The van der Waals surface area contributed by atoms with Crippen molar-refractivity contribution in [3.63, 3.8) is 0 Å². The molecule has 10 heteroatoms. The first kappa shape index (κ1) is 36.0. The number of carbonyl (C=O) groups is 3. The van der Waals surface area contributed by atoms with Crippen LogP contribution in [0.3, 0.4) is 0 Å². The molecule has 258 valence electrons. The predicted octanol–water partition coefficient (Wildman–Crippen LogP) is 8.07. The van der Waals surface area contributed by atoms with Gasteiger partial charge in [0.25, 0.3) is 5.91 Å². The molecule has 1 saturated heterocycles. The van der Waals surface area contributed by atoms with E-state index in [2.05, 4.69) is 29.6 Å². The van der Waals surface area contributed by atoms with Crippen LogP contribution >= 0.6 is 23.2 Å². The third kappa shape index (κ3) is 8.86. The molecule has 1 N–H and O–H groups in total. The van der Waals surface area contributed by atoms with Crippen LogP contribution < -0.4 is 5.32 Å². The Labute approximate surface area is 298 Å². The number of rotatable bonds is 8. The van der Waals surface area contributed by atoms with Crippen LogP contribution in [-0.4, -0.2) is 66.2 Å². The number of dihydropyridines is 1. The van der Waals surface area contributed by atoms with Gasteiger partial charge < -0.3 is 24.6 Å². The Bertz CT molecular complexity index is 1680. The first-order valence-electron chi connectivity index (χ1n) is 16.5. The summed E-state index contributed by atoms with van der Waals surface area (Å²) in [4.78, 5) is 44.5. The second-order valence-electron chi connectivity index (χ2n) is 13.4. The number of benzene rings is 3. The van der Waals surface area contributed by atoms with Gasteiger partial charge in [-0.1, -0.05) is 83.9 Å². The Hall–Kier alpha value is -4.27. The van der Waals surface area contributed by atoms with Gasteiger partial charge in [-0.05, 0) is 75.9 Å². The van der Waals surface area contributed by atoms with Gasteiger partial charge in [0.2, 0.25) is 0 Å². The van der Waals surface area contributed by atoms with Crippen LogP contribution in [0.15, 0.2) is 101 Å². The number of ether oxygens (including phenoxy) is 2. The first-order valence-corrected chi connectivity index (χ1v) is 17.3. The second-order valence-corrected chi connectivity index (χ2v) is 14.3. The Morgan fingerprint density at radius 2 is 1.31 bits per heavy atom. The highest BCUT2D eigenvalue weighted by Gasteiger charge is 2.40. The van der Waals surface area contributed by atoms with Gasteiger partial charge in [-0.2, -0.15) is 0 Å². The summed E-state index contributed by atoms with van der Waals surface area (Å²) in [5, 5.41) is 4.04. The van der Waals surface area contributed by atoms with Crippen molar-refractivity contribution in [3.05, 3.63) is 128 Å². The van der Waals surface area contributed by atoms with E-state index in [4.69, 9.17) is 32.7 Å². The number of carbonyl (C=O) groups excluding carboxylic acids is 3. The van der Waals surface area contributed by atoms with Crippen molar-refractivity contribution >= 4 is 41.2 Å². The van der Waals surface area contributed by atoms with Crippen LogP contribution in [0, 0.1) is 0 Å². The van der Waals surface area contributed by atoms with E-state index in [-0.39, 0.29) is 18.4 Å². The van der Waals surface area contributed by atoms with E-state index < -0.39 is 23.6 Å². The molecule has 3 aromatic carbocycles. The third-order valence-electron chi connectivity index (χ3n) is 8.69. The number of allylic oxidation sites excluding steroid dienone is 2. The van der Waals surface area contributed by atoms with E-state index in [1.54, 1.807) is 34.9 Å². The maximum absolute atomic E-state index is 14.4. The normalized spacial score (nSPS) is 16.9. The van der Waals surface area contributed by atoms with Crippen LogP contribution in [0.2, 0.25) is 10.0 Å². The molecule has 0 bridgehead atoms. The summed E-state index contributed by atoms with van der Waals surface area (Å²) < 4.78 is 11.6. The van der Waals surface area contributed by atoms with Crippen LogP contribution in [0.4, 0.5) is 4.79 Å². The highest BCUT2D eigenvalue weighted by molar-refractivity contribution is 6.34. The van der Waals surface area contributed by atoms with E-state index in [0.717, 1.165) is 11.1 Å². The molecular formula is C39H43Cl2N3O5. The number of hydrogen-bond acceptors (Lipinski definition) is 6. The fraction of sp³-hybridized carbons (Fsp3) is 0.359. The molecule has 8 nitrogen and oxygen atoms in total. The SMILES string of the molecule is CC1=C(C(=O)OCCC(c2ccccc2)c2ccccc2)C(c2cc(Cl)cc(Cl)c2)C(C(=O)N2CCN(C(=O)OC(C)(C)C)CC2)=C(C)N1. The van der Waals surface area contributed by atoms with E-state index in [1.165, 1.54) is 0 Å². The molecule has 2 aliphatic rings. The lowest BCUT2D eigenvalue weighted by Gasteiger charge is -2.38. The van der Waals surface area contributed by atoms with E-state index >= 15 is 0 Å². The topological polar surface area (TPSA) is 88.2 Å². The zero-order valence-corrected chi connectivity index (χ0v) is 30.1. The molecule has 1 unspecified atom stereocenters. The number of nitrogens with one attached hydrogen (secondary N) is 1. The fourth-order valence-corrected chi connectivity index (χ4v) is 7.00. The minimum atomic E-state index is -0.791. The first-order chi connectivity index (χ1) is 23.3. The van der Waals surface area contributed by atoms with Gasteiger partial charge in [-0.15, -0.1) is 0 Å². The Balaban J connectivity index is 1.39. The standard InChI is InChI=1S/C39H43Cl2N3O5/c1-25-33(36(45)43-17-19-44(20-18-43)38(47)49-39(3,4)5)35(29-22-30(40)24-31(41)23-29)34(26(2)42-25)37(46)48-21-16-32(27-12-8-6-9-13-27)28-14-10-7-11-15-28/h6-15,22-24,32,35,42H,16-21H2,1-5H3. The van der Waals surface area contributed by atoms with Crippen LogP contribution in [0.25, 0.3) is 0 Å². The van der Waals surface area contributed by atoms with Gasteiger partial charge in [0.1, 0.15) is 5.60 Å². The summed E-state index contributed by atoms with van der Waals surface area (Å²) in [6.45, 7) is 10.5. The lowest BCUT2D eigenvalue weighted by atomic mass is 9.79. The monoisotopic (exact) mass is 703 g/mol. The Morgan fingerprint density at radius 1 is 0.796 bits per heavy atom. The van der Waals surface area contributed by atoms with Crippen LogP contribution in [-0.2, 0) is 19.1 Å². The zero-order valence-electron chi connectivity index (χ0n) is 28.6. The summed E-state index contributed by atoms with van der Waals surface area (Å²) in [6.07, 6.45) is 0.154. The molecule has 0 spiro atoms. The van der Waals surface area contributed by atoms with Crippen molar-refractivity contribution in [1.29, 1.82) is 0 Å². The summed E-state index contributed by atoms with van der Waals surface area (Å²) in [5.41, 5.74) is 4.15. The zero-order chi connectivity index (χ0) is 35.3. The highest BCUT2D eigenvalue weighted by atomic mass is 35.5. The summed E-state index contributed by atoms with van der Waals surface area (Å²) in [6, 6.07) is 25.4. The molecule has 0 saturated carbocycles. The Morgan fingerprint density at radius 3 is 1.84 bits per heavy atom. The molecule has 2 aliphatic heterocycles. The summed E-state index contributed by atoms with van der Waals surface area (Å²) in [7, 11) is 0. The van der Waals surface area contributed by atoms with Crippen molar-refractivity contribution in [2.75, 3.05) is 32.8 Å². The van der Waals surface area contributed by atoms with Gasteiger partial charge in [-0.25, -0.2) is 9.59 Å². The second kappa shape index (κ2) is 15.5. The molecule has 3 aromatic rings. The molecule has 0 aliphatic carbocycles. The molecular weight excluding hydrogens is 661 g/mol. The maximum Gasteiger partial charge on any atom is 0.410 e. The highest BCUT2D eigenvalue weighted by Crippen LogP contribution is 2.41. The number of halogens is 2. The quantitative estimate of drug-likeness (QED) is 0.239. The Kier molecular flexibility index (Phi) is 11.4. The lowest BCUT2D eigenvalue weighted by molar-refractivity contribution is -0.139. The van der Waals surface area contributed by atoms with Crippen molar-refractivity contribution < 1.29 is 23.9 Å². The molecule has 1 atom stereocenters. The number of esters is 1. The average Bonchev–Trinajstić information content (AvgIpc) is 3.05. The molecule has 49 heavy (non-hydrogen) atoms. The van der Waals surface area contributed by atoms with Gasteiger partial charge in [0.05, 0.1) is 18.1 Å². The fourth-order valence-electron chi connectivity index (χ4n) is 6.46.